The van der Waals surface area contributed by atoms with E-state index in [9.17, 15) is 4.79 Å². The summed E-state index contributed by atoms with van der Waals surface area (Å²) in [6.45, 7) is 2.00. The van der Waals surface area contributed by atoms with Crippen molar-refractivity contribution in [3.63, 3.8) is 0 Å². The predicted octanol–water partition coefficient (Wildman–Crippen LogP) is 4.60. The Balaban J connectivity index is 1.36. The molecule has 0 saturated heterocycles. The zero-order valence-electron chi connectivity index (χ0n) is 15.7. The van der Waals surface area contributed by atoms with E-state index < -0.39 is 0 Å². The van der Waals surface area contributed by atoms with Crippen molar-refractivity contribution in [3.8, 4) is 5.69 Å². The van der Waals surface area contributed by atoms with Crippen LogP contribution in [0.3, 0.4) is 0 Å². The average Bonchev–Trinajstić information content (AvgIpc) is 3.40. The molecule has 5 heteroatoms. The normalized spacial score (nSPS) is 13.0. The van der Waals surface area contributed by atoms with Gasteiger partial charge in [0.2, 0.25) is 5.91 Å². The Hall–Kier alpha value is -3.34. The van der Waals surface area contributed by atoms with Crippen LogP contribution >= 0.6 is 0 Å². The summed E-state index contributed by atoms with van der Waals surface area (Å²) in [7, 11) is 0. The summed E-state index contributed by atoms with van der Waals surface area (Å²) < 4.78 is 7.56. The fourth-order valence-corrected chi connectivity index (χ4v) is 4.02. The molecule has 1 amide bonds. The lowest BCUT2D eigenvalue weighted by Gasteiger charge is -2.09. The van der Waals surface area contributed by atoms with Gasteiger partial charge < -0.3 is 9.73 Å². The Morgan fingerprint density at radius 1 is 1.18 bits per heavy atom. The highest BCUT2D eigenvalue weighted by Crippen LogP contribution is 2.30. The number of hydrogen-bond donors (Lipinski definition) is 1. The van der Waals surface area contributed by atoms with Crippen molar-refractivity contribution in [2.24, 2.45) is 0 Å². The Morgan fingerprint density at radius 3 is 2.86 bits per heavy atom. The third-order valence-electron chi connectivity index (χ3n) is 5.43. The van der Waals surface area contributed by atoms with E-state index in [0.717, 1.165) is 46.4 Å². The lowest BCUT2D eigenvalue weighted by molar-refractivity contribution is -0.115. The number of fused-ring (bicyclic) bond motifs is 2. The predicted molar refractivity (Wildman–Crippen MR) is 109 cm³/mol. The van der Waals surface area contributed by atoms with Gasteiger partial charge in [0.25, 0.3) is 0 Å². The van der Waals surface area contributed by atoms with Crippen LogP contribution in [-0.2, 0) is 24.1 Å². The Bertz CT molecular complexity index is 1190. The molecule has 0 bridgehead atoms. The van der Waals surface area contributed by atoms with Crippen LogP contribution in [0.5, 0.6) is 0 Å². The molecule has 5 rings (SSSR count). The van der Waals surface area contributed by atoms with Crippen LogP contribution in [0.1, 0.15) is 28.8 Å². The Morgan fingerprint density at radius 2 is 2.04 bits per heavy atom. The number of carbonyl (C=O) groups is 1. The van der Waals surface area contributed by atoms with E-state index in [-0.39, 0.29) is 12.3 Å². The van der Waals surface area contributed by atoms with E-state index in [2.05, 4.69) is 22.5 Å². The van der Waals surface area contributed by atoms with Crippen LogP contribution in [0, 0.1) is 6.92 Å². The zero-order valence-corrected chi connectivity index (χ0v) is 15.7. The number of nitrogens with zero attached hydrogens (tertiary/aromatic N) is 2. The van der Waals surface area contributed by atoms with Gasteiger partial charge in [-0.25, -0.2) is 4.68 Å². The highest BCUT2D eigenvalue weighted by molar-refractivity contribution is 5.95. The van der Waals surface area contributed by atoms with Crippen molar-refractivity contribution in [3.05, 3.63) is 77.3 Å². The summed E-state index contributed by atoms with van der Waals surface area (Å²) in [6.07, 6.45) is 7.19. The molecule has 0 aliphatic heterocycles. The minimum Gasteiger partial charge on any atom is -0.464 e. The highest BCUT2D eigenvalue weighted by Gasteiger charge is 2.17. The van der Waals surface area contributed by atoms with Crippen molar-refractivity contribution in [2.75, 3.05) is 5.32 Å². The topological polar surface area (TPSA) is 60.1 Å². The van der Waals surface area contributed by atoms with E-state index >= 15 is 0 Å². The molecule has 0 saturated carbocycles. The van der Waals surface area contributed by atoms with Gasteiger partial charge in [0.05, 0.1) is 18.4 Å². The third-order valence-corrected chi connectivity index (χ3v) is 5.43. The highest BCUT2D eigenvalue weighted by atomic mass is 16.3. The number of carbonyl (C=O) groups excluding carboxylic acids is 1. The van der Waals surface area contributed by atoms with Crippen LogP contribution in [-0.4, -0.2) is 15.7 Å². The monoisotopic (exact) mass is 371 g/mol. The lowest BCUT2D eigenvalue weighted by Crippen LogP contribution is -2.14. The molecular formula is C23H21N3O2. The number of furan rings is 1. The second-order valence-corrected chi connectivity index (χ2v) is 7.39. The summed E-state index contributed by atoms with van der Waals surface area (Å²) in [5, 5.41) is 8.37. The maximum absolute atomic E-state index is 12.6. The first-order valence-electron chi connectivity index (χ1n) is 9.60. The third kappa shape index (κ3) is 2.99. The molecule has 140 valence electrons. The zero-order chi connectivity index (χ0) is 19.1. The number of hydrogen-bond acceptors (Lipinski definition) is 3. The van der Waals surface area contributed by atoms with E-state index in [1.54, 1.807) is 12.5 Å². The summed E-state index contributed by atoms with van der Waals surface area (Å²) in [5.74, 6) is -0.0578. The fourth-order valence-electron chi connectivity index (χ4n) is 4.02. The summed E-state index contributed by atoms with van der Waals surface area (Å²) in [5.41, 5.74) is 7.29. The van der Waals surface area contributed by atoms with Crippen molar-refractivity contribution in [1.82, 2.24) is 9.78 Å². The molecule has 2 aromatic carbocycles. The van der Waals surface area contributed by atoms with Gasteiger partial charge in [0, 0.05) is 28.5 Å². The van der Waals surface area contributed by atoms with Gasteiger partial charge in [-0.2, -0.15) is 5.10 Å². The molecular weight excluding hydrogens is 350 g/mol. The van der Waals surface area contributed by atoms with E-state index in [1.165, 1.54) is 17.5 Å². The van der Waals surface area contributed by atoms with Gasteiger partial charge in [-0.05, 0) is 73.7 Å². The summed E-state index contributed by atoms with van der Waals surface area (Å²) in [6, 6.07) is 14.0. The maximum Gasteiger partial charge on any atom is 0.228 e. The van der Waals surface area contributed by atoms with Crippen molar-refractivity contribution < 1.29 is 9.21 Å². The minimum absolute atomic E-state index is 0.0578. The molecule has 4 aromatic rings. The van der Waals surface area contributed by atoms with Gasteiger partial charge in [0.15, 0.2) is 0 Å². The largest absolute Gasteiger partial charge is 0.464 e. The van der Waals surface area contributed by atoms with Crippen molar-refractivity contribution in [2.45, 2.75) is 32.6 Å². The number of amides is 1. The van der Waals surface area contributed by atoms with Crippen LogP contribution in [0.2, 0.25) is 0 Å². The first-order chi connectivity index (χ1) is 13.7. The van der Waals surface area contributed by atoms with E-state index in [0.29, 0.717) is 0 Å². The first kappa shape index (κ1) is 16.8. The number of aromatic nitrogens is 2. The Kier molecular flexibility index (Phi) is 4.01. The number of aryl methyl sites for hydroxylation is 3. The van der Waals surface area contributed by atoms with Gasteiger partial charge in [-0.1, -0.05) is 6.07 Å². The average molecular weight is 371 g/mol. The van der Waals surface area contributed by atoms with Gasteiger partial charge in [-0.3, -0.25) is 4.79 Å². The molecule has 0 atom stereocenters. The second-order valence-electron chi connectivity index (χ2n) is 7.39. The lowest BCUT2D eigenvalue weighted by atomic mass is 10.0. The molecule has 28 heavy (non-hydrogen) atoms. The number of nitrogens with one attached hydrogen (secondary N) is 1. The number of anilines is 1. The second kappa shape index (κ2) is 6.68. The van der Waals surface area contributed by atoms with Crippen LogP contribution in [0.4, 0.5) is 5.69 Å². The van der Waals surface area contributed by atoms with Crippen molar-refractivity contribution >= 4 is 22.6 Å². The summed E-state index contributed by atoms with van der Waals surface area (Å²) >= 11 is 0. The van der Waals surface area contributed by atoms with Crippen LogP contribution in [0.15, 0.2) is 59.3 Å². The molecule has 0 spiro atoms. The quantitative estimate of drug-likeness (QED) is 0.570. The molecule has 0 radical (unpaired) electrons. The van der Waals surface area contributed by atoms with Crippen LogP contribution in [0.25, 0.3) is 16.7 Å². The maximum atomic E-state index is 12.6. The smallest absolute Gasteiger partial charge is 0.228 e. The van der Waals surface area contributed by atoms with Crippen molar-refractivity contribution in [1.29, 1.82) is 0 Å². The molecule has 5 nitrogen and oxygen atoms in total. The SMILES string of the molecule is Cc1ccnn1-c1cccc(NC(=O)Cc2coc3cc4c(cc23)CCC4)c1. The molecule has 0 unspecified atom stereocenters. The molecule has 1 N–H and O–H groups in total. The molecule has 2 heterocycles. The number of rotatable bonds is 4. The minimum atomic E-state index is -0.0578. The molecule has 0 fully saturated rings. The van der Waals surface area contributed by atoms with Gasteiger partial charge in [0.1, 0.15) is 5.58 Å². The fraction of sp³-hybridized carbons (Fsp3) is 0.217. The number of benzene rings is 2. The molecule has 1 aliphatic rings. The standard InChI is InChI=1S/C23H21N3O2/c1-15-8-9-24-26(15)20-7-3-6-19(13-20)25-23(27)12-18-14-28-22-11-17-5-2-4-16(17)10-21(18)22/h3,6-11,13-14H,2,4-5,12H2,1H3,(H,25,27). The first-order valence-corrected chi connectivity index (χ1v) is 9.60. The van der Waals surface area contributed by atoms with Gasteiger partial charge in [-0.15, -0.1) is 0 Å². The summed E-state index contributed by atoms with van der Waals surface area (Å²) in [4.78, 5) is 12.6. The van der Waals surface area contributed by atoms with Gasteiger partial charge >= 0.3 is 0 Å². The van der Waals surface area contributed by atoms with E-state index in [4.69, 9.17) is 4.42 Å². The molecule has 2 aromatic heterocycles. The van der Waals surface area contributed by atoms with Crippen LogP contribution < -0.4 is 5.32 Å². The molecule has 1 aliphatic carbocycles. The Labute approximate surface area is 163 Å². The van der Waals surface area contributed by atoms with E-state index in [1.807, 2.05) is 41.9 Å².